The summed E-state index contributed by atoms with van der Waals surface area (Å²) in [6, 6.07) is -0.260. The van der Waals surface area contributed by atoms with E-state index in [9.17, 15) is 4.79 Å². The van der Waals surface area contributed by atoms with Crippen molar-refractivity contribution in [2.45, 2.75) is 79.5 Å². The minimum atomic E-state index is -0.357. The molecule has 0 aliphatic heterocycles. The van der Waals surface area contributed by atoms with Crippen LogP contribution in [0.3, 0.4) is 0 Å². The summed E-state index contributed by atoms with van der Waals surface area (Å²) in [6.45, 7) is 18.5. The summed E-state index contributed by atoms with van der Waals surface area (Å²) in [5.74, 6) is 0.196. The minimum Gasteiger partial charge on any atom is -0.374 e. The van der Waals surface area contributed by atoms with Crippen LogP contribution in [0.1, 0.15) is 62.3 Å². The smallest absolute Gasteiger partial charge is 0.157 e. The van der Waals surface area contributed by atoms with Gasteiger partial charge in [-0.05, 0) is 41.5 Å². The summed E-state index contributed by atoms with van der Waals surface area (Å²) >= 11 is 0. The van der Waals surface area contributed by atoms with Gasteiger partial charge in [-0.25, -0.2) is 0 Å². The molecule has 0 saturated carbocycles. The summed E-state index contributed by atoms with van der Waals surface area (Å²) in [5.41, 5.74) is -0.688. The number of nitrogens with one attached hydrogen (secondary N) is 1. The number of rotatable bonds is 4. The fourth-order valence-corrected chi connectivity index (χ4v) is 1.56. The quantitative estimate of drug-likeness (QED) is 0.840. The molecule has 0 saturated heterocycles. The van der Waals surface area contributed by atoms with Crippen molar-refractivity contribution < 1.29 is 9.53 Å². The van der Waals surface area contributed by atoms with Crippen LogP contribution >= 0.6 is 0 Å². The fraction of sp³-hybridized carbons (Fsp3) is 0.933. The van der Waals surface area contributed by atoms with E-state index in [1.54, 1.807) is 0 Å². The molecule has 0 spiro atoms. The number of carbonyl (C=O) groups excluding carboxylic acids is 1. The van der Waals surface area contributed by atoms with Crippen molar-refractivity contribution in [3.8, 4) is 0 Å². The maximum atomic E-state index is 12.4. The van der Waals surface area contributed by atoms with E-state index >= 15 is 0 Å². The number of ether oxygens (including phenoxy) is 1. The van der Waals surface area contributed by atoms with Crippen LogP contribution in [0.15, 0.2) is 0 Å². The highest BCUT2D eigenvalue weighted by Crippen LogP contribution is 2.19. The number of hydrogen-bond donors (Lipinski definition) is 1. The molecule has 3 heteroatoms. The average Bonchev–Trinajstić information content (AvgIpc) is 2.06. The first-order valence-corrected chi connectivity index (χ1v) is 6.68. The molecule has 0 aromatic carbocycles. The Morgan fingerprint density at radius 3 is 1.72 bits per heavy atom. The van der Waals surface area contributed by atoms with Crippen molar-refractivity contribution in [3.63, 3.8) is 0 Å². The predicted molar refractivity (Wildman–Crippen MR) is 76.8 cm³/mol. The fourth-order valence-electron chi connectivity index (χ4n) is 1.56. The summed E-state index contributed by atoms with van der Waals surface area (Å²) < 4.78 is 5.77. The molecule has 0 rings (SSSR count). The lowest BCUT2D eigenvalue weighted by Gasteiger charge is -2.33. The van der Waals surface area contributed by atoms with Gasteiger partial charge in [-0.1, -0.05) is 20.8 Å². The zero-order valence-corrected chi connectivity index (χ0v) is 13.6. The standard InChI is InChI=1S/C15H31NO2/c1-13(2,3)12(17)11(16-14(4,5)6)10-18-15(7,8)9/h11,16H,10H2,1-9H3. The number of hydrogen-bond acceptors (Lipinski definition) is 3. The van der Waals surface area contributed by atoms with E-state index in [0.717, 1.165) is 0 Å². The number of ketones is 1. The van der Waals surface area contributed by atoms with E-state index in [2.05, 4.69) is 26.1 Å². The van der Waals surface area contributed by atoms with Crippen molar-refractivity contribution in [2.75, 3.05) is 6.61 Å². The van der Waals surface area contributed by atoms with Gasteiger partial charge in [0.15, 0.2) is 5.78 Å². The molecule has 1 atom stereocenters. The molecule has 0 bridgehead atoms. The van der Waals surface area contributed by atoms with E-state index in [1.807, 2.05) is 41.5 Å². The predicted octanol–water partition coefficient (Wildman–Crippen LogP) is 3.17. The van der Waals surface area contributed by atoms with Crippen LogP contribution in [-0.2, 0) is 9.53 Å². The summed E-state index contributed by atoms with van der Waals surface area (Å²) in [4.78, 5) is 12.4. The van der Waals surface area contributed by atoms with E-state index in [-0.39, 0.29) is 28.4 Å². The van der Waals surface area contributed by atoms with Gasteiger partial charge < -0.3 is 10.1 Å². The van der Waals surface area contributed by atoms with Crippen LogP contribution < -0.4 is 5.32 Å². The SMILES string of the molecule is CC(C)(C)NC(COC(C)(C)C)C(=O)C(C)(C)C. The van der Waals surface area contributed by atoms with E-state index in [4.69, 9.17) is 4.74 Å². The van der Waals surface area contributed by atoms with Gasteiger partial charge in [0.1, 0.15) is 0 Å². The monoisotopic (exact) mass is 257 g/mol. The van der Waals surface area contributed by atoms with Crippen LogP contribution in [0.25, 0.3) is 0 Å². The molecule has 1 unspecified atom stereocenters. The molecule has 18 heavy (non-hydrogen) atoms. The summed E-state index contributed by atoms with van der Waals surface area (Å²) in [6.07, 6.45) is 0. The Balaban J connectivity index is 4.80. The highest BCUT2D eigenvalue weighted by Gasteiger charge is 2.32. The lowest BCUT2D eigenvalue weighted by molar-refractivity contribution is -0.132. The summed E-state index contributed by atoms with van der Waals surface area (Å²) in [7, 11) is 0. The maximum Gasteiger partial charge on any atom is 0.157 e. The molecule has 1 N–H and O–H groups in total. The second-order valence-corrected chi connectivity index (χ2v) is 7.98. The minimum absolute atomic E-state index is 0.104. The molecule has 0 aliphatic carbocycles. The molecule has 0 aliphatic rings. The van der Waals surface area contributed by atoms with Gasteiger partial charge >= 0.3 is 0 Å². The first kappa shape index (κ1) is 17.6. The van der Waals surface area contributed by atoms with Crippen LogP contribution in [0.4, 0.5) is 0 Å². The molecule has 0 amide bonds. The van der Waals surface area contributed by atoms with Gasteiger partial charge in [0.05, 0.1) is 18.2 Å². The van der Waals surface area contributed by atoms with Gasteiger partial charge in [-0.3, -0.25) is 4.79 Å². The Morgan fingerprint density at radius 2 is 1.44 bits per heavy atom. The molecular weight excluding hydrogens is 226 g/mol. The first-order valence-electron chi connectivity index (χ1n) is 6.68. The van der Waals surface area contributed by atoms with Crippen molar-refractivity contribution in [2.24, 2.45) is 5.41 Å². The zero-order valence-electron chi connectivity index (χ0n) is 13.6. The van der Waals surface area contributed by atoms with Crippen molar-refractivity contribution >= 4 is 5.78 Å². The van der Waals surface area contributed by atoms with Crippen molar-refractivity contribution in [1.29, 1.82) is 0 Å². The Bertz CT molecular complexity index is 276. The normalized spacial score (nSPS) is 15.6. The topological polar surface area (TPSA) is 38.3 Å². The van der Waals surface area contributed by atoms with Gasteiger partial charge in [-0.15, -0.1) is 0 Å². The Morgan fingerprint density at radius 1 is 1.00 bits per heavy atom. The van der Waals surface area contributed by atoms with Crippen molar-refractivity contribution in [3.05, 3.63) is 0 Å². The Kier molecular flexibility index (Phi) is 5.57. The van der Waals surface area contributed by atoms with Crippen LogP contribution in [0.5, 0.6) is 0 Å². The largest absolute Gasteiger partial charge is 0.374 e. The second kappa shape index (κ2) is 5.70. The third kappa shape index (κ3) is 7.83. The number of Topliss-reactive ketones (excluding diaryl/α,β-unsaturated/α-hetero) is 1. The Hall–Kier alpha value is -0.410. The zero-order chi connectivity index (χ0) is 14.8. The van der Waals surface area contributed by atoms with E-state index < -0.39 is 0 Å². The van der Waals surface area contributed by atoms with Crippen LogP contribution in [0.2, 0.25) is 0 Å². The summed E-state index contributed by atoms with van der Waals surface area (Å²) in [5, 5.41) is 3.36. The maximum absolute atomic E-state index is 12.4. The highest BCUT2D eigenvalue weighted by atomic mass is 16.5. The molecular formula is C15H31NO2. The lowest BCUT2D eigenvalue weighted by Crippen LogP contribution is -2.53. The molecule has 0 aromatic rings. The average molecular weight is 257 g/mol. The van der Waals surface area contributed by atoms with Gasteiger partial charge in [0.2, 0.25) is 0 Å². The van der Waals surface area contributed by atoms with Crippen molar-refractivity contribution in [1.82, 2.24) is 5.32 Å². The highest BCUT2D eigenvalue weighted by molar-refractivity contribution is 5.88. The van der Waals surface area contributed by atoms with E-state index in [1.165, 1.54) is 0 Å². The third-order valence-corrected chi connectivity index (χ3v) is 2.35. The molecule has 0 aromatic heterocycles. The van der Waals surface area contributed by atoms with Crippen LogP contribution in [0, 0.1) is 5.41 Å². The molecule has 0 radical (unpaired) electrons. The van der Waals surface area contributed by atoms with Gasteiger partial charge in [0, 0.05) is 11.0 Å². The van der Waals surface area contributed by atoms with Crippen LogP contribution in [-0.4, -0.2) is 29.6 Å². The Labute approximate surface area is 113 Å². The van der Waals surface area contributed by atoms with Gasteiger partial charge in [-0.2, -0.15) is 0 Å². The first-order chi connectivity index (χ1) is 7.72. The number of carbonyl (C=O) groups is 1. The molecule has 108 valence electrons. The molecule has 0 heterocycles. The third-order valence-electron chi connectivity index (χ3n) is 2.35. The molecule has 3 nitrogen and oxygen atoms in total. The second-order valence-electron chi connectivity index (χ2n) is 7.98. The van der Waals surface area contributed by atoms with E-state index in [0.29, 0.717) is 6.61 Å². The molecule has 0 fully saturated rings. The lowest BCUT2D eigenvalue weighted by atomic mass is 9.85. The van der Waals surface area contributed by atoms with Gasteiger partial charge in [0.25, 0.3) is 0 Å².